The minimum atomic E-state index is -0.199. The van der Waals surface area contributed by atoms with Gasteiger partial charge in [-0.25, -0.2) is 0 Å². The van der Waals surface area contributed by atoms with Gasteiger partial charge in [0.1, 0.15) is 0 Å². The fraction of sp³-hybridized carbons (Fsp3) is 0.125. The summed E-state index contributed by atoms with van der Waals surface area (Å²) in [7, 11) is 0. The quantitative estimate of drug-likeness (QED) is 0.539. The van der Waals surface area contributed by atoms with Crippen LogP contribution >= 0.6 is 0 Å². The Balaban J connectivity index is 1.75. The van der Waals surface area contributed by atoms with E-state index < -0.39 is 0 Å². The van der Waals surface area contributed by atoms with Crippen molar-refractivity contribution in [1.29, 1.82) is 0 Å². The lowest BCUT2D eigenvalue weighted by Crippen LogP contribution is -2.32. The number of aromatic nitrogens is 3. The Morgan fingerprint density at radius 3 is 1.85 bits per heavy atom. The van der Waals surface area contributed by atoms with Gasteiger partial charge in [-0.3, -0.25) is 15.0 Å². The molecule has 0 N–H and O–H groups in total. The Labute approximate surface area is 158 Å². The molecule has 0 spiro atoms. The Bertz CT molecular complexity index is 986. The van der Waals surface area contributed by atoms with Crippen LogP contribution in [0.15, 0.2) is 91.6 Å². The largest absolute Gasteiger partial charge is 0.265 e. The molecule has 5 rings (SSSR count). The molecule has 0 amide bonds. The van der Waals surface area contributed by atoms with Crippen LogP contribution in [0.25, 0.3) is 11.1 Å². The number of rotatable bonds is 4. The third kappa shape index (κ3) is 2.63. The smallest absolute Gasteiger partial charge is 0.0594 e. The van der Waals surface area contributed by atoms with E-state index in [4.69, 9.17) is 4.98 Å². The number of hydrogen-bond donors (Lipinski definition) is 0. The van der Waals surface area contributed by atoms with Crippen LogP contribution in [0.2, 0.25) is 0 Å². The Morgan fingerprint density at radius 1 is 0.593 bits per heavy atom. The summed E-state index contributed by atoms with van der Waals surface area (Å²) in [5, 5.41) is 0. The second-order valence-corrected chi connectivity index (χ2v) is 7.09. The second kappa shape index (κ2) is 6.44. The first-order valence-electron chi connectivity index (χ1n) is 9.20. The van der Waals surface area contributed by atoms with Gasteiger partial charge >= 0.3 is 0 Å². The molecule has 130 valence electrons. The minimum Gasteiger partial charge on any atom is -0.265 e. The highest BCUT2D eigenvalue weighted by molar-refractivity contribution is 5.80. The maximum Gasteiger partial charge on any atom is 0.0594 e. The van der Waals surface area contributed by atoms with Crippen LogP contribution in [0.1, 0.15) is 22.4 Å². The van der Waals surface area contributed by atoms with Gasteiger partial charge in [0.15, 0.2) is 0 Å². The molecule has 0 saturated carbocycles. The van der Waals surface area contributed by atoms with Gasteiger partial charge in [0.05, 0.1) is 5.69 Å². The minimum absolute atomic E-state index is 0.199. The molecule has 27 heavy (non-hydrogen) atoms. The van der Waals surface area contributed by atoms with Gasteiger partial charge in [-0.1, -0.05) is 30.3 Å². The van der Waals surface area contributed by atoms with Crippen molar-refractivity contribution in [2.24, 2.45) is 0 Å². The van der Waals surface area contributed by atoms with Gasteiger partial charge in [-0.15, -0.1) is 0 Å². The van der Waals surface area contributed by atoms with E-state index in [1.54, 1.807) is 0 Å². The summed E-state index contributed by atoms with van der Waals surface area (Å²) in [6.07, 6.45) is 11.2. The highest BCUT2D eigenvalue weighted by Gasteiger charge is 2.44. The van der Waals surface area contributed by atoms with E-state index in [1.807, 2.05) is 37.1 Å². The summed E-state index contributed by atoms with van der Waals surface area (Å²) in [6, 6.07) is 21.4. The molecule has 3 heteroatoms. The molecule has 0 fully saturated rings. The van der Waals surface area contributed by atoms with Crippen molar-refractivity contribution in [3.8, 4) is 11.1 Å². The van der Waals surface area contributed by atoms with E-state index in [0.717, 1.165) is 12.8 Å². The lowest BCUT2D eigenvalue weighted by molar-refractivity contribution is 0.505. The van der Waals surface area contributed by atoms with Gasteiger partial charge in [0.25, 0.3) is 0 Å². The molecule has 0 atom stereocenters. The molecule has 3 aromatic heterocycles. The lowest BCUT2D eigenvalue weighted by atomic mass is 9.71. The summed E-state index contributed by atoms with van der Waals surface area (Å²) in [4.78, 5) is 13.3. The molecule has 0 saturated heterocycles. The molecule has 0 aliphatic heterocycles. The van der Waals surface area contributed by atoms with Gasteiger partial charge in [0, 0.05) is 42.0 Å². The van der Waals surface area contributed by atoms with Crippen molar-refractivity contribution in [2.45, 2.75) is 18.3 Å². The van der Waals surface area contributed by atoms with E-state index in [0.29, 0.717) is 0 Å². The van der Waals surface area contributed by atoms with E-state index in [-0.39, 0.29) is 5.41 Å². The first-order chi connectivity index (χ1) is 13.4. The number of nitrogens with zero attached hydrogens (tertiary/aromatic N) is 3. The zero-order valence-electron chi connectivity index (χ0n) is 14.9. The SMILES string of the molecule is c1ccc2c(c1)-c1cccnc1C2(Cc1ccncc1)Cc1ccncc1. The molecule has 0 radical (unpaired) electrons. The number of fused-ring (bicyclic) bond motifs is 3. The molecule has 0 bridgehead atoms. The second-order valence-electron chi connectivity index (χ2n) is 7.09. The molecular formula is C24H19N3. The fourth-order valence-corrected chi connectivity index (χ4v) is 4.39. The van der Waals surface area contributed by atoms with Crippen molar-refractivity contribution < 1.29 is 0 Å². The summed E-state index contributed by atoms with van der Waals surface area (Å²) in [5.74, 6) is 0. The summed E-state index contributed by atoms with van der Waals surface area (Å²) < 4.78 is 0. The normalized spacial score (nSPS) is 13.8. The number of benzene rings is 1. The molecule has 0 unspecified atom stereocenters. The van der Waals surface area contributed by atoms with Crippen LogP contribution < -0.4 is 0 Å². The van der Waals surface area contributed by atoms with E-state index >= 15 is 0 Å². The summed E-state index contributed by atoms with van der Waals surface area (Å²) >= 11 is 0. The Kier molecular flexibility index (Phi) is 3.79. The highest BCUT2D eigenvalue weighted by atomic mass is 14.7. The van der Waals surface area contributed by atoms with Gasteiger partial charge in [0.2, 0.25) is 0 Å². The molecule has 1 aromatic carbocycles. The van der Waals surface area contributed by atoms with Crippen molar-refractivity contribution in [3.05, 3.63) is 114 Å². The maximum absolute atomic E-state index is 4.89. The van der Waals surface area contributed by atoms with Gasteiger partial charge in [-0.05, 0) is 65.4 Å². The van der Waals surface area contributed by atoms with Crippen molar-refractivity contribution >= 4 is 0 Å². The third-order valence-corrected chi connectivity index (χ3v) is 5.50. The molecule has 1 aliphatic rings. The first-order valence-corrected chi connectivity index (χ1v) is 9.20. The number of hydrogen-bond acceptors (Lipinski definition) is 3. The Morgan fingerprint density at radius 2 is 1.19 bits per heavy atom. The molecular weight excluding hydrogens is 330 g/mol. The van der Waals surface area contributed by atoms with Crippen LogP contribution in [-0.4, -0.2) is 15.0 Å². The Hall–Kier alpha value is -3.33. The zero-order chi connectivity index (χ0) is 18.1. The van der Waals surface area contributed by atoms with Crippen LogP contribution in [0.4, 0.5) is 0 Å². The van der Waals surface area contributed by atoms with Gasteiger partial charge in [-0.2, -0.15) is 0 Å². The van der Waals surface area contributed by atoms with E-state index in [1.165, 1.54) is 33.5 Å². The van der Waals surface area contributed by atoms with E-state index in [9.17, 15) is 0 Å². The predicted octanol–water partition coefficient (Wildman–Crippen LogP) is 4.62. The molecule has 3 heterocycles. The van der Waals surface area contributed by atoms with Crippen molar-refractivity contribution in [3.63, 3.8) is 0 Å². The van der Waals surface area contributed by atoms with Gasteiger partial charge < -0.3 is 0 Å². The molecule has 1 aliphatic carbocycles. The fourth-order valence-electron chi connectivity index (χ4n) is 4.39. The van der Waals surface area contributed by atoms with Crippen LogP contribution in [0.3, 0.4) is 0 Å². The summed E-state index contributed by atoms with van der Waals surface area (Å²) in [5.41, 5.74) is 7.40. The zero-order valence-corrected chi connectivity index (χ0v) is 14.9. The average Bonchev–Trinajstić information content (AvgIpc) is 3.00. The standard InChI is InChI=1S/C24H19N3/c1-2-6-22-20(4-1)21-5-3-11-27-23(21)24(22,16-18-7-12-25-13-8-18)17-19-9-14-26-15-10-19/h1-15H,16-17H2. The third-order valence-electron chi connectivity index (χ3n) is 5.50. The summed E-state index contributed by atoms with van der Waals surface area (Å²) in [6.45, 7) is 0. The van der Waals surface area contributed by atoms with Crippen LogP contribution in [0.5, 0.6) is 0 Å². The van der Waals surface area contributed by atoms with E-state index in [2.05, 4.69) is 64.6 Å². The van der Waals surface area contributed by atoms with Crippen molar-refractivity contribution in [2.75, 3.05) is 0 Å². The maximum atomic E-state index is 4.89. The first kappa shape index (κ1) is 15.9. The van der Waals surface area contributed by atoms with Crippen LogP contribution in [0, 0.1) is 0 Å². The lowest BCUT2D eigenvalue weighted by Gasteiger charge is -2.31. The van der Waals surface area contributed by atoms with Crippen molar-refractivity contribution in [1.82, 2.24) is 15.0 Å². The topological polar surface area (TPSA) is 38.7 Å². The molecule has 4 aromatic rings. The monoisotopic (exact) mass is 349 g/mol. The average molecular weight is 349 g/mol. The van der Waals surface area contributed by atoms with Crippen LogP contribution in [-0.2, 0) is 18.3 Å². The predicted molar refractivity (Wildman–Crippen MR) is 106 cm³/mol. The highest BCUT2D eigenvalue weighted by Crippen LogP contribution is 2.51. The molecule has 3 nitrogen and oxygen atoms in total. The number of pyridine rings is 3.